The van der Waals surface area contributed by atoms with Gasteiger partial charge in [-0.2, -0.15) is 13.2 Å². The molecule has 0 radical (unpaired) electrons. The van der Waals surface area contributed by atoms with E-state index in [2.05, 4.69) is 11.1 Å². The van der Waals surface area contributed by atoms with E-state index in [9.17, 15) is 27.5 Å². The van der Waals surface area contributed by atoms with E-state index in [0.717, 1.165) is 53.4 Å². The molecule has 2 aromatic heterocycles. The molecule has 2 unspecified atom stereocenters. The molecule has 244 valence electrons. The molecule has 5 rings (SSSR count). The molecule has 0 aliphatic carbocycles. The Morgan fingerprint density at radius 1 is 0.783 bits per heavy atom. The fourth-order valence-electron chi connectivity index (χ4n) is 6.82. The van der Waals surface area contributed by atoms with E-state index in [4.69, 9.17) is 0 Å². The number of aromatic nitrogens is 2. The van der Waals surface area contributed by atoms with Gasteiger partial charge in [-0.15, -0.1) is 0 Å². The first-order valence-corrected chi connectivity index (χ1v) is 16.2. The van der Waals surface area contributed by atoms with Crippen LogP contribution in [0.2, 0.25) is 0 Å². The van der Waals surface area contributed by atoms with Gasteiger partial charge in [-0.3, -0.25) is 4.79 Å². The Balaban J connectivity index is 1.42. The van der Waals surface area contributed by atoms with Gasteiger partial charge in [0.15, 0.2) is 5.43 Å². The van der Waals surface area contributed by atoms with Gasteiger partial charge in [0.05, 0.1) is 17.7 Å². The summed E-state index contributed by atoms with van der Waals surface area (Å²) in [5.41, 5.74) is 1.12. The largest absolute Gasteiger partial charge is 0.389 e. The average Bonchev–Trinajstić information content (AvgIpc) is 3.47. The summed E-state index contributed by atoms with van der Waals surface area (Å²) in [5, 5.41) is 14.2. The zero-order valence-corrected chi connectivity index (χ0v) is 26.3. The third-order valence-electron chi connectivity index (χ3n) is 9.22. The Hall–Kier alpha value is -3.91. The van der Waals surface area contributed by atoms with Crippen LogP contribution in [-0.2, 0) is 12.0 Å². The molecule has 2 atom stereocenters. The number of para-hydroxylation sites is 2. The van der Waals surface area contributed by atoms with Crippen molar-refractivity contribution in [3.63, 3.8) is 0 Å². The Labute approximate surface area is 267 Å². The summed E-state index contributed by atoms with van der Waals surface area (Å²) in [6.07, 6.45) is 2.32. The predicted molar refractivity (Wildman–Crippen MR) is 177 cm³/mol. The van der Waals surface area contributed by atoms with Crippen LogP contribution in [0.4, 0.5) is 17.6 Å². The summed E-state index contributed by atoms with van der Waals surface area (Å²) < 4.78 is 54.0. The minimum atomic E-state index is -4.10. The maximum Gasteiger partial charge on any atom is 0.389 e. The zero-order chi connectivity index (χ0) is 32.8. The molecular weight excluding hydrogens is 592 g/mol. The lowest BCUT2D eigenvalue weighted by Gasteiger charge is -2.39. The number of aromatic amines is 1. The molecule has 0 bridgehead atoms. The van der Waals surface area contributed by atoms with Crippen LogP contribution in [-0.4, -0.2) is 26.4 Å². The van der Waals surface area contributed by atoms with Gasteiger partial charge in [-0.05, 0) is 73.5 Å². The maximum atomic E-state index is 14.7. The van der Waals surface area contributed by atoms with Crippen molar-refractivity contribution in [1.82, 2.24) is 9.55 Å². The number of alkyl halides is 3. The van der Waals surface area contributed by atoms with Crippen LogP contribution < -0.4 is 5.43 Å². The van der Waals surface area contributed by atoms with Crippen LogP contribution in [0.25, 0.3) is 21.8 Å². The number of nitrogens with one attached hydrogen (secondary N) is 1. The van der Waals surface area contributed by atoms with E-state index in [1.807, 2.05) is 60.0 Å². The lowest BCUT2D eigenvalue weighted by atomic mass is 9.70. The van der Waals surface area contributed by atoms with Crippen molar-refractivity contribution < 1.29 is 22.7 Å². The highest BCUT2D eigenvalue weighted by Gasteiger charge is 2.41. The quantitative estimate of drug-likeness (QED) is 0.0890. The van der Waals surface area contributed by atoms with E-state index >= 15 is 0 Å². The summed E-state index contributed by atoms with van der Waals surface area (Å²) in [6.45, 7) is 2.25. The monoisotopic (exact) mass is 634 g/mol. The van der Waals surface area contributed by atoms with E-state index in [-0.39, 0.29) is 30.6 Å². The van der Waals surface area contributed by atoms with E-state index in [0.29, 0.717) is 24.6 Å². The van der Waals surface area contributed by atoms with Crippen molar-refractivity contribution in [3.05, 3.63) is 118 Å². The molecule has 46 heavy (non-hydrogen) atoms. The molecule has 0 aliphatic rings. The summed E-state index contributed by atoms with van der Waals surface area (Å²) >= 11 is 0. The van der Waals surface area contributed by atoms with E-state index < -0.39 is 23.6 Å². The van der Waals surface area contributed by atoms with Gasteiger partial charge in [0.1, 0.15) is 5.82 Å². The van der Waals surface area contributed by atoms with Crippen molar-refractivity contribution in [1.29, 1.82) is 0 Å². The first-order valence-electron chi connectivity index (χ1n) is 16.2. The van der Waals surface area contributed by atoms with Crippen LogP contribution >= 0.6 is 0 Å². The zero-order valence-electron chi connectivity index (χ0n) is 26.3. The minimum Gasteiger partial charge on any atom is -0.388 e. The lowest BCUT2D eigenvalue weighted by Crippen LogP contribution is -2.42. The summed E-state index contributed by atoms with van der Waals surface area (Å²) in [5.74, 6) is -0.356. The molecule has 0 saturated heterocycles. The first-order chi connectivity index (χ1) is 22.0. The molecule has 4 nitrogen and oxygen atoms in total. The van der Waals surface area contributed by atoms with Crippen LogP contribution in [0.5, 0.6) is 0 Å². The smallest absolute Gasteiger partial charge is 0.388 e. The number of halogens is 4. The van der Waals surface area contributed by atoms with Crippen molar-refractivity contribution in [2.45, 2.75) is 94.9 Å². The number of aliphatic hydroxyl groups is 1. The van der Waals surface area contributed by atoms with E-state index in [1.54, 1.807) is 18.3 Å². The molecule has 0 saturated carbocycles. The average molecular weight is 635 g/mol. The van der Waals surface area contributed by atoms with Crippen LogP contribution in [0.15, 0.2) is 95.9 Å². The second-order valence-electron chi connectivity index (χ2n) is 12.9. The molecule has 5 aromatic rings. The fraction of sp³-hybridized carbons (Fsp3) is 0.395. The van der Waals surface area contributed by atoms with Crippen molar-refractivity contribution in [2.24, 2.45) is 0 Å². The van der Waals surface area contributed by atoms with Gasteiger partial charge in [0.2, 0.25) is 0 Å². The topological polar surface area (TPSA) is 58.0 Å². The third-order valence-corrected chi connectivity index (χ3v) is 9.22. The van der Waals surface area contributed by atoms with Crippen LogP contribution in [0.3, 0.4) is 0 Å². The number of nitrogens with zero attached hydrogens (tertiary/aromatic N) is 1. The summed E-state index contributed by atoms with van der Waals surface area (Å²) in [4.78, 5) is 16.2. The third kappa shape index (κ3) is 8.27. The number of hydrogen-bond donors (Lipinski definition) is 2. The Kier molecular flexibility index (Phi) is 10.4. The molecule has 0 aliphatic heterocycles. The molecule has 0 amide bonds. The molecule has 0 fully saturated rings. The Bertz CT molecular complexity index is 1780. The fourth-order valence-corrected chi connectivity index (χ4v) is 6.82. The number of unbranched alkanes of at least 4 members (excludes halogenated alkanes) is 6. The molecule has 3 aromatic carbocycles. The summed E-state index contributed by atoms with van der Waals surface area (Å²) in [6, 6.07) is 25.4. The number of H-pyrrole nitrogens is 1. The van der Waals surface area contributed by atoms with Gasteiger partial charge < -0.3 is 14.7 Å². The van der Waals surface area contributed by atoms with Gasteiger partial charge in [-0.25, -0.2) is 4.39 Å². The highest BCUT2D eigenvalue weighted by molar-refractivity contribution is 5.81. The number of benzene rings is 3. The van der Waals surface area contributed by atoms with Gasteiger partial charge in [0.25, 0.3) is 0 Å². The minimum absolute atomic E-state index is 0.0895. The Morgan fingerprint density at radius 2 is 1.46 bits per heavy atom. The van der Waals surface area contributed by atoms with Gasteiger partial charge in [-0.1, -0.05) is 81.0 Å². The van der Waals surface area contributed by atoms with Crippen LogP contribution in [0, 0.1) is 5.82 Å². The molecule has 2 heterocycles. The molecule has 8 heteroatoms. The number of hydrogen-bond acceptors (Lipinski definition) is 2. The maximum absolute atomic E-state index is 14.7. The lowest BCUT2D eigenvalue weighted by molar-refractivity contribution is -0.135. The van der Waals surface area contributed by atoms with Crippen molar-refractivity contribution in [3.8, 4) is 0 Å². The normalized spacial score (nSPS) is 14.8. The van der Waals surface area contributed by atoms with E-state index in [1.165, 1.54) is 18.2 Å². The second-order valence-corrected chi connectivity index (χ2v) is 12.9. The second kappa shape index (κ2) is 14.2. The SMILES string of the molecule is CC(CC(O)(CCCCCCCCCC(F)(F)F)Cn1ccc(=O)c2ccccc21)(c1cccc(F)c1)c1cc2ccccc2[nH]1. The van der Waals surface area contributed by atoms with Crippen LogP contribution in [0.1, 0.15) is 82.4 Å². The van der Waals surface area contributed by atoms with Gasteiger partial charge >= 0.3 is 6.18 Å². The Morgan fingerprint density at radius 3 is 2.17 bits per heavy atom. The number of rotatable bonds is 15. The summed E-state index contributed by atoms with van der Waals surface area (Å²) in [7, 11) is 0. The van der Waals surface area contributed by atoms with Crippen molar-refractivity contribution >= 4 is 21.8 Å². The highest BCUT2D eigenvalue weighted by atomic mass is 19.4. The van der Waals surface area contributed by atoms with Gasteiger partial charge in [0, 0.05) is 40.7 Å². The predicted octanol–water partition coefficient (Wildman–Crippen LogP) is 9.82. The molecule has 2 N–H and O–H groups in total. The molecule has 0 spiro atoms. The van der Waals surface area contributed by atoms with Crippen molar-refractivity contribution in [2.75, 3.05) is 0 Å². The number of pyridine rings is 1. The number of fused-ring (bicyclic) bond motifs is 2. The standard InChI is InChI=1S/C38H42F4N2O2/c1-36(29-15-13-16-30(39)25-29,35-24-28-14-7-9-18-32(28)43-35)26-37(46,21-11-5-3-2-4-6-12-22-38(40,41)42)27-44-23-20-34(45)31-17-8-10-19-33(31)44/h7-10,13-20,23-25,43,46H,2-6,11-12,21-22,26-27H2,1H3. The molecular formula is C38H42F4N2O2. The first kappa shape index (κ1) is 33.5. The highest BCUT2D eigenvalue weighted by Crippen LogP contribution is 2.42.